The number of allylic oxidation sites excluding steroid dienone is 4. The fraction of sp³-hybridized carbons (Fsp3) is 0.538. The zero-order valence-electron chi connectivity index (χ0n) is 10.3. The minimum atomic E-state index is 0.466. The fourth-order valence-corrected chi connectivity index (χ4v) is 1.04. The van der Waals surface area contributed by atoms with Crippen LogP contribution in [0.4, 0.5) is 0 Å². The number of hydrogen-bond donors (Lipinski definition) is 1. The predicted molar refractivity (Wildman–Crippen MR) is 66.8 cm³/mol. The van der Waals surface area contributed by atoms with Crippen LogP contribution in [0.3, 0.4) is 0 Å². The highest BCUT2D eigenvalue weighted by molar-refractivity contribution is 5.29. The third-order valence-electron chi connectivity index (χ3n) is 1.91. The zero-order chi connectivity index (χ0) is 11.7. The molecule has 0 aromatic rings. The molecule has 1 saturated heterocycles. The van der Waals surface area contributed by atoms with E-state index in [4.69, 9.17) is 4.74 Å². The second-order valence-corrected chi connectivity index (χ2v) is 3.27. The lowest BCUT2D eigenvalue weighted by Gasteiger charge is -2.29. The van der Waals surface area contributed by atoms with Crippen LogP contribution in [0.15, 0.2) is 36.1 Å². The van der Waals surface area contributed by atoms with Gasteiger partial charge < -0.3 is 10.1 Å². The Labute approximate surface area is 93.7 Å². The summed E-state index contributed by atoms with van der Waals surface area (Å²) in [4.78, 5) is 0. The average Bonchev–Trinajstić information content (AvgIpc) is 2.18. The van der Waals surface area contributed by atoms with Gasteiger partial charge in [0.1, 0.15) is 0 Å². The lowest BCUT2D eigenvalue weighted by Crippen LogP contribution is -2.45. The van der Waals surface area contributed by atoms with Crippen LogP contribution in [0, 0.1) is 0 Å². The van der Waals surface area contributed by atoms with Gasteiger partial charge in [-0.05, 0) is 25.5 Å². The largest absolute Gasteiger partial charge is 0.377 e. The summed E-state index contributed by atoms with van der Waals surface area (Å²) in [5.41, 5.74) is 2.16. The Hall–Kier alpha value is -1.02. The molecule has 1 heterocycles. The van der Waals surface area contributed by atoms with E-state index in [-0.39, 0.29) is 0 Å². The van der Waals surface area contributed by atoms with Gasteiger partial charge in [0.2, 0.25) is 0 Å². The summed E-state index contributed by atoms with van der Waals surface area (Å²) >= 11 is 0. The highest BCUT2D eigenvalue weighted by Gasteiger charge is 2.18. The maximum atomic E-state index is 5.08. The van der Waals surface area contributed by atoms with Gasteiger partial charge in [0.05, 0.1) is 19.3 Å². The number of rotatable bonds is 4. The Kier molecular flexibility index (Phi) is 7.74. The molecule has 2 nitrogen and oxygen atoms in total. The molecule has 1 N–H and O–H groups in total. The van der Waals surface area contributed by atoms with Crippen LogP contribution in [0.1, 0.15) is 27.7 Å². The molecule has 0 aliphatic carbocycles. The molecule has 0 saturated carbocycles. The Balaban J connectivity index is 0.000000921. The Morgan fingerprint density at radius 3 is 2.33 bits per heavy atom. The molecule has 1 rings (SSSR count). The standard InChI is InChI=1S/C11H17NO.C2H6/c1-4-5-6-11(9(2)3)12-10-7-13-8-10;1-2/h4-6,10,12H,2,7-8H2,1,3H3;1-2H3/b5-4-,11-6+;. The molecule has 0 unspecified atom stereocenters. The quantitative estimate of drug-likeness (QED) is 0.719. The molecule has 1 aliphatic heterocycles. The lowest BCUT2D eigenvalue weighted by molar-refractivity contribution is -0.000452. The molecule has 0 bridgehead atoms. The second kappa shape index (κ2) is 8.30. The smallest absolute Gasteiger partial charge is 0.0728 e. The van der Waals surface area contributed by atoms with E-state index < -0.39 is 0 Å². The Bertz CT molecular complexity index is 237. The maximum Gasteiger partial charge on any atom is 0.0728 e. The van der Waals surface area contributed by atoms with Crippen LogP contribution < -0.4 is 5.32 Å². The summed E-state index contributed by atoms with van der Waals surface area (Å²) in [7, 11) is 0. The molecule has 0 aromatic carbocycles. The Morgan fingerprint density at radius 1 is 1.40 bits per heavy atom. The molecule has 86 valence electrons. The monoisotopic (exact) mass is 209 g/mol. The van der Waals surface area contributed by atoms with Crippen molar-refractivity contribution >= 4 is 0 Å². The van der Waals surface area contributed by atoms with Crippen molar-refractivity contribution < 1.29 is 4.74 Å². The normalized spacial score (nSPS) is 16.7. The molecular formula is C13H23NO. The molecule has 1 aliphatic rings. The topological polar surface area (TPSA) is 21.3 Å². The summed E-state index contributed by atoms with van der Waals surface area (Å²) in [6, 6.07) is 0.466. The van der Waals surface area contributed by atoms with Gasteiger partial charge in [0, 0.05) is 5.70 Å². The maximum absolute atomic E-state index is 5.08. The minimum Gasteiger partial charge on any atom is -0.377 e. The highest BCUT2D eigenvalue weighted by Crippen LogP contribution is 2.08. The van der Waals surface area contributed by atoms with Crippen molar-refractivity contribution in [1.82, 2.24) is 5.32 Å². The molecular weight excluding hydrogens is 186 g/mol. The zero-order valence-corrected chi connectivity index (χ0v) is 10.3. The first-order valence-corrected chi connectivity index (χ1v) is 5.57. The van der Waals surface area contributed by atoms with Crippen LogP contribution in [0.2, 0.25) is 0 Å². The van der Waals surface area contributed by atoms with E-state index in [2.05, 4.69) is 11.9 Å². The van der Waals surface area contributed by atoms with Gasteiger partial charge in [0.25, 0.3) is 0 Å². The molecule has 1 fully saturated rings. The van der Waals surface area contributed by atoms with Gasteiger partial charge in [0.15, 0.2) is 0 Å². The first-order valence-electron chi connectivity index (χ1n) is 5.57. The molecule has 2 heteroatoms. The first kappa shape index (κ1) is 14.0. The molecule has 0 aromatic heterocycles. The number of nitrogens with one attached hydrogen (secondary N) is 1. The minimum absolute atomic E-state index is 0.466. The summed E-state index contributed by atoms with van der Waals surface area (Å²) in [5.74, 6) is 0. The van der Waals surface area contributed by atoms with Gasteiger partial charge in [-0.15, -0.1) is 0 Å². The lowest BCUT2D eigenvalue weighted by atomic mass is 10.2. The van der Waals surface area contributed by atoms with Crippen molar-refractivity contribution in [2.45, 2.75) is 33.7 Å². The fourth-order valence-electron chi connectivity index (χ4n) is 1.04. The van der Waals surface area contributed by atoms with E-state index in [1.165, 1.54) is 0 Å². The number of hydrogen-bond acceptors (Lipinski definition) is 2. The molecule has 0 radical (unpaired) electrons. The van der Waals surface area contributed by atoms with Crippen LogP contribution >= 0.6 is 0 Å². The second-order valence-electron chi connectivity index (χ2n) is 3.27. The highest BCUT2D eigenvalue weighted by atomic mass is 16.5. The van der Waals surface area contributed by atoms with E-state index in [1.807, 2.05) is 45.9 Å². The van der Waals surface area contributed by atoms with Crippen molar-refractivity contribution in [3.8, 4) is 0 Å². The third kappa shape index (κ3) is 5.43. The molecule has 15 heavy (non-hydrogen) atoms. The van der Waals surface area contributed by atoms with Gasteiger partial charge in [-0.1, -0.05) is 32.6 Å². The van der Waals surface area contributed by atoms with Crippen molar-refractivity contribution in [3.05, 3.63) is 36.1 Å². The Morgan fingerprint density at radius 2 is 2.00 bits per heavy atom. The van der Waals surface area contributed by atoms with Gasteiger partial charge >= 0.3 is 0 Å². The van der Waals surface area contributed by atoms with Crippen molar-refractivity contribution in [3.63, 3.8) is 0 Å². The van der Waals surface area contributed by atoms with Gasteiger partial charge in [-0.2, -0.15) is 0 Å². The molecule has 0 spiro atoms. The van der Waals surface area contributed by atoms with Gasteiger partial charge in [-0.25, -0.2) is 0 Å². The SMILES string of the molecule is C=C(C)/C(=C\C=C/C)NC1COC1.CC. The van der Waals surface area contributed by atoms with E-state index >= 15 is 0 Å². The van der Waals surface area contributed by atoms with E-state index in [1.54, 1.807) is 0 Å². The van der Waals surface area contributed by atoms with Gasteiger partial charge in [-0.3, -0.25) is 0 Å². The van der Waals surface area contributed by atoms with E-state index in [0.29, 0.717) is 6.04 Å². The summed E-state index contributed by atoms with van der Waals surface area (Å²) in [6.07, 6.45) is 6.05. The van der Waals surface area contributed by atoms with Crippen molar-refractivity contribution in [2.24, 2.45) is 0 Å². The van der Waals surface area contributed by atoms with Crippen LogP contribution in [0.5, 0.6) is 0 Å². The molecule has 0 amide bonds. The van der Waals surface area contributed by atoms with Crippen LogP contribution in [-0.4, -0.2) is 19.3 Å². The summed E-state index contributed by atoms with van der Waals surface area (Å²) in [5, 5.41) is 3.37. The van der Waals surface area contributed by atoms with Crippen molar-refractivity contribution in [2.75, 3.05) is 13.2 Å². The third-order valence-corrected chi connectivity index (χ3v) is 1.91. The van der Waals surface area contributed by atoms with E-state index in [0.717, 1.165) is 24.5 Å². The predicted octanol–water partition coefficient (Wildman–Crippen LogP) is 3.04. The molecule has 0 atom stereocenters. The first-order chi connectivity index (χ1) is 7.24. The van der Waals surface area contributed by atoms with Crippen LogP contribution in [-0.2, 0) is 4.74 Å². The average molecular weight is 209 g/mol. The van der Waals surface area contributed by atoms with Crippen LogP contribution in [0.25, 0.3) is 0 Å². The summed E-state index contributed by atoms with van der Waals surface area (Å²) < 4.78 is 5.08. The van der Waals surface area contributed by atoms with E-state index in [9.17, 15) is 0 Å². The van der Waals surface area contributed by atoms with Crippen molar-refractivity contribution in [1.29, 1.82) is 0 Å². The summed E-state index contributed by atoms with van der Waals surface area (Å²) in [6.45, 7) is 13.5. The number of ether oxygens (including phenoxy) is 1.